The van der Waals surface area contributed by atoms with E-state index in [0.29, 0.717) is 6.54 Å². The van der Waals surface area contributed by atoms with E-state index < -0.39 is 6.09 Å². The number of halogens is 1. The lowest BCUT2D eigenvalue weighted by Gasteiger charge is -2.13. The van der Waals surface area contributed by atoms with Gasteiger partial charge in [-0.3, -0.25) is 9.47 Å². The van der Waals surface area contributed by atoms with Crippen LogP contribution in [0.5, 0.6) is 0 Å². The van der Waals surface area contributed by atoms with Gasteiger partial charge in [-0.25, -0.2) is 14.8 Å². The predicted molar refractivity (Wildman–Crippen MR) is 85.6 cm³/mol. The van der Waals surface area contributed by atoms with Crippen molar-refractivity contribution < 1.29 is 9.90 Å². The van der Waals surface area contributed by atoms with E-state index in [2.05, 4.69) is 25.9 Å². The average Bonchev–Trinajstić information content (AvgIpc) is 3.09. The van der Waals surface area contributed by atoms with Gasteiger partial charge in [0.2, 0.25) is 0 Å². The molecule has 0 saturated carbocycles. The van der Waals surface area contributed by atoms with Crippen molar-refractivity contribution in [2.75, 3.05) is 11.4 Å². The van der Waals surface area contributed by atoms with Crippen molar-refractivity contribution in [3.63, 3.8) is 0 Å². The standard InChI is InChI=1S/C15H11BrN4O2/c16-13-4-2-11-14(18-13)20(8-17-11)10-1-3-12-9(7-10)5-6-19(12)15(21)22/h1-4,7-8H,5-6H2,(H,21,22). The van der Waals surface area contributed by atoms with Crippen molar-refractivity contribution in [2.24, 2.45) is 0 Å². The van der Waals surface area contributed by atoms with Gasteiger partial charge in [0.05, 0.1) is 5.69 Å². The molecule has 22 heavy (non-hydrogen) atoms. The molecule has 0 saturated heterocycles. The van der Waals surface area contributed by atoms with E-state index in [-0.39, 0.29) is 0 Å². The molecule has 6 nitrogen and oxygen atoms in total. The van der Waals surface area contributed by atoms with Gasteiger partial charge in [0.15, 0.2) is 5.65 Å². The number of pyridine rings is 1. The number of carbonyl (C=O) groups is 1. The Hall–Kier alpha value is -2.41. The van der Waals surface area contributed by atoms with E-state index in [0.717, 1.165) is 39.1 Å². The largest absolute Gasteiger partial charge is 0.465 e. The lowest BCUT2D eigenvalue weighted by atomic mass is 10.1. The Morgan fingerprint density at radius 3 is 2.95 bits per heavy atom. The SMILES string of the molecule is O=C(O)N1CCc2cc(-n3cnc4ccc(Br)nc43)ccc21. The highest BCUT2D eigenvalue weighted by Gasteiger charge is 2.24. The first kappa shape index (κ1) is 13.3. The summed E-state index contributed by atoms with van der Waals surface area (Å²) in [6.07, 6.45) is 1.54. The Morgan fingerprint density at radius 2 is 2.14 bits per heavy atom. The van der Waals surface area contributed by atoms with Crippen molar-refractivity contribution in [1.29, 1.82) is 0 Å². The average molecular weight is 359 g/mol. The predicted octanol–water partition coefficient (Wildman–Crippen LogP) is 3.22. The minimum Gasteiger partial charge on any atom is -0.465 e. The molecule has 0 aliphatic carbocycles. The molecule has 7 heteroatoms. The number of fused-ring (bicyclic) bond motifs is 2. The molecule has 3 aromatic rings. The summed E-state index contributed by atoms with van der Waals surface area (Å²) >= 11 is 3.37. The van der Waals surface area contributed by atoms with Crippen LogP contribution in [0.4, 0.5) is 10.5 Å². The number of benzene rings is 1. The van der Waals surface area contributed by atoms with E-state index >= 15 is 0 Å². The Labute approximate surface area is 134 Å². The van der Waals surface area contributed by atoms with Gasteiger partial charge >= 0.3 is 6.09 Å². The quantitative estimate of drug-likeness (QED) is 0.678. The van der Waals surface area contributed by atoms with E-state index in [4.69, 9.17) is 0 Å². The molecular formula is C15H11BrN4O2. The number of anilines is 1. The highest BCUT2D eigenvalue weighted by Crippen LogP contribution is 2.30. The first-order valence-electron chi connectivity index (χ1n) is 6.77. The van der Waals surface area contributed by atoms with Gasteiger partial charge in [0, 0.05) is 12.2 Å². The zero-order chi connectivity index (χ0) is 15.3. The molecule has 0 bridgehead atoms. The van der Waals surface area contributed by atoms with Crippen LogP contribution >= 0.6 is 15.9 Å². The van der Waals surface area contributed by atoms with Gasteiger partial charge in [-0.1, -0.05) is 0 Å². The van der Waals surface area contributed by atoms with Crippen LogP contribution in [0.25, 0.3) is 16.9 Å². The molecule has 0 unspecified atom stereocenters. The molecule has 0 radical (unpaired) electrons. The third-order valence-electron chi connectivity index (χ3n) is 3.83. The second kappa shape index (κ2) is 4.81. The summed E-state index contributed by atoms with van der Waals surface area (Å²) in [7, 11) is 0. The number of rotatable bonds is 1. The number of amides is 1. The van der Waals surface area contributed by atoms with Crippen LogP contribution in [0.2, 0.25) is 0 Å². The van der Waals surface area contributed by atoms with Gasteiger partial charge in [0.25, 0.3) is 0 Å². The first-order valence-corrected chi connectivity index (χ1v) is 7.56. The van der Waals surface area contributed by atoms with Gasteiger partial charge in [-0.2, -0.15) is 0 Å². The minimum atomic E-state index is -0.912. The summed E-state index contributed by atoms with van der Waals surface area (Å²) < 4.78 is 2.66. The van der Waals surface area contributed by atoms with Crippen LogP contribution in [-0.2, 0) is 6.42 Å². The molecule has 0 fully saturated rings. The van der Waals surface area contributed by atoms with Crippen molar-refractivity contribution in [1.82, 2.24) is 14.5 Å². The number of imidazole rings is 1. The summed E-state index contributed by atoms with van der Waals surface area (Å²) in [5, 5.41) is 9.18. The molecule has 0 spiro atoms. The minimum absolute atomic E-state index is 0.503. The van der Waals surface area contributed by atoms with Gasteiger partial charge in [0.1, 0.15) is 16.4 Å². The summed E-state index contributed by atoms with van der Waals surface area (Å²) in [4.78, 5) is 21.4. The van der Waals surface area contributed by atoms with Crippen LogP contribution in [-0.4, -0.2) is 32.3 Å². The normalized spacial score (nSPS) is 13.6. The summed E-state index contributed by atoms with van der Waals surface area (Å²) in [5.41, 5.74) is 4.30. The van der Waals surface area contributed by atoms with Crippen LogP contribution in [0.15, 0.2) is 41.3 Å². The van der Waals surface area contributed by atoms with E-state index in [1.54, 1.807) is 6.33 Å². The lowest BCUT2D eigenvalue weighted by Crippen LogP contribution is -2.26. The van der Waals surface area contributed by atoms with Crippen LogP contribution in [0.1, 0.15) is 5.56 Å². The maximum atomic E-state index is 11.2. The van der Waals surface area contributed by atoms with Gasteiger partial charge in [-0.15, -0.1) is 0 Å². The fourth-order valence-corrected chi connectivity index (χ4v) is 3.10. The summed E-state index contributed by atoms with van der Waals surface area (Å²) in [6.45, 7) is 0.503. The maximum absolute atomic E-state index is 11.2. The lowest BCUT2D eigenvalue weighted by molar-refractivity contribution is 0.202. The topological polar surface area (TPSA) is 71.2 Å². The molecule has 2 aromatic heterocycles. The molecule has 1 amide bonds. The molecule has 1 aliphatic heterocycles. The van der Waals surface area contributed by atoms with Gasteiger partial charge in [-0.05, 0) is 58.2 Å². The number of carboxylic acid groups (broad SMARTS) is 1. The second-order valence-corrected chi connectivity index (χ2v) is 5.90. The molecule has 110 valence electrons. The third-order valence-corrected chi connectivity index (χ3v) is 4.27. The fraction of sp³-hybridized carbons (Fsp3) is 0.133. The highest BCUT2D eigenvalue weighted by atomic mass is 79.9. The Kier molecular flexibility index (Phi) is 2.90. The summed E-state index contributed by atoms with van der Waals surface area (Å²) in [5.74, 6) is 0. The van der Waals surface area contributed by atoms with Gasteiger partial charge < -0.3 is 5.11 Å². The smallest absolute Gasteiger partial charge is 0.411 e. The molecule has 1 aromatic carbocycles. The highest BCUT2D eigenvalue weighted by molar-refractivity contribution is 9.10. The molecule has 3 heterocycles. The van der Waals surface area contributed by atoms with Crippen molar-refractivity contribution in [3.05, 3.63) is 46.8 Å². The molecule has 1 N–H and O–H groups in total. The van der Waals surface area contributed by atoms with Crippen molar-refractivity contribution in [2.45, 2.75) is 6.42 Å². The van der Waals surface area contributed by atoms with E-state index in [9.17, 15) is 9.90 Å². The van der Waals surface area contributed by atoms with Crippen molar-refractivity contribution >= 4 is 38.9 Å². The first-order chi connectivity index (χ1) is 10.6. The Bertz CT molecular complexity index is 906. The maximum Gasteiger partial charge on any atom is 0.411 e. The third kappa shape index (κ3) is 1.97. The number of nitrogens with zero attached hydrogens (tertiary/aromatic N) is 4. The molecule has 0 atom stereocenters. The van der Waals surface area contributed by atoms with Crippen LogP contribution in [0, 0.1) is 0 Å². The van der Waals surface area contributed by atoms with Crippen LogP contribution < -0.4 is 4.90 Å². The van der Waals surface area contributed by atoms with Crippen LogP contribution in [0.3, 0.4) is 0 Å². The van der Waals surface area contributed by atoms with E-state index in [1.165, 1.54) is 4.90 Å². The Morgan fingerprint density at radius 1 is 1.27 bits per heavy atom. The van der Waals surface area contributed by atoms with E-state index in [1.807, 2.05) is 34.9 Å². The second-order valence-electron chi connectivity index (χ2n) is 5.09. The number of hydrogen-bond donors (Lipinski definition) is 1. The Balaban J connectivity index is 1.83. The van der Waals surface area contributed by atoms with Crippen molar-refractivity contribution in [3.8, 4) is 5.69 Å². The number of aromatic nitrogens is 3. The molecular weight excluding hydrogens is 348 g/mol. The number of hydrogen-bond acceptors (Lipinski definition) is 3. The zero-order valence-electron chi connectivity index (χ0n) is 11.4. The monoisotopic (exact) mass is 358 g/mol. The molecule has 4 rings (SSSR count). The fourth-order valence-electron chi connectivity index (χ4n) is 2.80. The molecule has 1 aliphatic rings. The summed E-state index contributed by atoms with van der Waals surface area (Å²) in [6, 6.07) is 9.50. The zero-order valence-corrected chi connectivity index (χ0v) is 13.0.